The Bertz CT molecular complexity index is 316. The van der Waals surface area contributed by atoms with E-state index >= 15 is 0 Å². The van der Waals surface area contributed by atoms with E-state index in [4.69, 9.17) is 4.74 Å². The third-order valence-electron chi connectivity index (χ3n) is 3.49. The van der Waals surface area contributed by atoms with Gasteiger partial charge in [0.05, 0.1) is 13.2 Å². The van der Waals surface area contributed by atoms with Crippen molar-refractivity contribution < 1.29 is 14.3 Å². The second-order valence-corrected chi connectivity index (χ2v) is 4.73. The van der Waals surface area contributed by atoms with Crippen LogP contribution in [0.5, 0.6) is 0 Å². The van der Waals surface area contributed by atoms with Gasteiger partial charge in [-0.3, -0.25) is 4.79 Å². The third-order valence-corrected chi connectivity index (χ3v) is 3.49. The van der Waals surface area contributed by atoms with Gasteiger partial charge < -0.3 is 19.4 Å². The molecule has 2 aliphatic rings. The lowest BCUT2D eigenvalue weighted by Gasteiger charge is -2.32. The maximum absolute atomic E-state index is 12.3. The highest BCUT2D eigenvalue weighted by Crippen LogP contribution is 2.08. The van der Waals surface area contributed by atoms with Crippen LogP contribution < -0.4 is 0 Å². The van der Waals surface area contributed by atoms with Crippen molar-refractivity contribution >= 4 is 11.9 Å². The fourth-order valence-corrected chi connectivity index (χ4v) is 2.38. The minimum atomic E-state index is 0.0868. The molecule has 18 heavy (non-hydrogen) atoms. The van der Waals surface area contributed by atoms with Gasteiger partial charge in [0, 0.05) is 46.2 Å². The molecule has 0 atom stereocenters. The summed E-state index contributed by atoms with van der Waals surface area (Å²) in [6.45, 7) is 6.94. The van der Waals surface area contributed by atoms with Crippen molar-refractivity contribution in [2.45, 2.75) is 13.3 Å². The van der Waals surface area contributed by atoms with Crippen LogP contribution in [0.2, 0.25) is 0 Å². The van der Waals surface area contributed by atoms with Gasteiger partial charge in [-0.1, -0.05) is 0 Å². The highest BCUT2D eigenvalue weighted by atomic mass is 16.5. The first-order valence-corrected chi connectivity index (χ1v) is 6.55. The lowest BCUT2D eigenvalue weighted by atomic mass is 10.4. The Hall–Kier alpha value is -1.30. The Balaban J connectivity index is 1.88. The van der Waals surface area contributed by atoms with E-state index in [-0.39, 0.29) is 11.9 Å². The van der Waals surface area contributed by atoms with E-state index in [0.29, 0.717) is 39.4 Å². The summed E-state index contributed by atoms with van der Waals surface area (Å²) in [7, 11) is 0. The summed E-state index contributed by atoms with van der Waals surface area (Å²) >= 11 is 0. The molecule has 0 aliphatic carbocycles. The molecule has 0 radical (unpaired) electrons. The molecular weight excluding hydrogens is 234 g/mol. The molecule has 0 aromatic heterocycles. The normalized spacial score (nSPS) is 21.7. The molecule has 0 spiro atoms. The molecule has 6 nitrogen and oxygen atoms in total. The minimum absolute atomic E-state index is 0.0868. The topological polar surface area (TPSA) is 53.1 Å². The van der Waals surface area contributed by atoms with E-state index in [1.54, 1.807) is 6.92 Å². The zero-order valence-electron chi connectivity index (χ0n) is 10.9. The molecule has 0 unspecified atom stereocenters. The molecule has 0 N–H and O–H groups in total. The Morgan fingerprint density at radius 2 is 1.39 bits per heavy atom. The van der Waals surface area contributed by atoms with Crippen LogP contribution in [-0.2, 0) is 9.53 Å². The van der Waals surface area contributed by atoms with Crippen molar-refractivity contribution in [2.75, 3.05) is 52.5 Å². The lowest BCUT2D eigenvalue weighted by molar-refractivity contribution is -0.128. The number of urea groups is 1. The summed E-state index contributed by atoms with van der Waals surface area (Å²) in [5.74, 6) is 0.0932. The number of rotatable bonds is 0. The highest BCUT2D eigenvalue weighted by Gasteiger charge is 2.25. The van der Waals surface area contributed by atoms with Crippen molar-refractivity contribution in [1.29, 1.82) is 0 Å². The van der Waals surface area contributed by atoms with Crippen molar-refractivity contribution in [3.8, 4) is 0 Å². The first-order valence-electron chi connectivity index (χ1n) is 6.55. The molecule has 3 amide bonds. The fourth-order valence-electron chi connectivity index (χ4n) is 2.38. The molecule has 0 aromatic carbocycles. The number of carbonyl (C=O) groups excluding carboxylic acids is 2. The summed E-state index contributed by atoms with van der Waals surface area (Å²) in [6.07, 6.45) is 0.857. The van der Waals surface area contributed by atoms with E-state index in [1.165, 1.54) is 0 Å². The molecule has 102 valence electrons. The van der Waals surface area contributed by atoms with Gasteiger partial charge >= 0.3 is 6.03 Å². The average Bonchev–Trinajstić information content (AvgIpc) is 2.64. The molecule has 2 heterocycles. The van der Waals surface area contributed by atoms with Crippen LogP contribution in [0.3, 0.4) is 0 Å². The van der Waals surface area contributed by atoms with Crippen LogP contribution in [0.15, 0.2) is 0 Å². The van der Waals surface area contributed by atoms with E-state index in [9.17, 15) is 9.59 Å². The largest absolute Gasteiger partial charge is 0.378 e. The van der Waals surface area contributed by atoms with Gasteiger partial charge in [0.15, 0.2) is 0 Å². The van der Waals surface area contributed by atoms with Crippen molar-refractivity contribution in [1.82, 2.24) is 14.7 Å². The third kappa shape index (κ3) is 3.13. The Labute approximate surface area is 107 Å². The van der Waals surface area contributed by atoms with E-state index in [1.807, 2.05) is 14.7 Å². The van der Waals surface area contributed by atoms with E-state index < -0.39 is 0 Å². The molecule has 2 saturated heterocycles. The van der Waals surface area contributed by atoms with Crippen LogP contribution >= 0.6 is 0 Å². The van der Waals surface area contributed by atoms with Crippen LogP contribution in [-0.4, -0.2) is 79.1 Å². The number of ether oxygens (including phenoxy) is 1. The summed E-state index contributed by atoms with van der Waals surface area (Å²) in [4.78, 5) is 29.1. The average molecular weight is 255 g/mol. The number of carbonyl (C=O) groups is 2. The minimum Gasteiger partial charge on any atom is -0.378 e. The summed E-state index contributed by atoms with van der Waals surface area (Å²) in [5.41, 5.74) is 0. The van der Waals surface area contributed by atoms with Gasteiger partial charge in [0.1, 0.15) is 0 Å². The molecule has 6 heteroatoms. The predicted molar refractivity (Wildman–Crippen MR) is 66.2 cm³/mol. The number of nitrogens with zero attached hydrogens (tertiary/aromatic N) is 3. The van der Waals surface area contributed by atoms with Gasteiger partial charge in [-0.15, -0.1) is 0 Å². The standard InChI is InChI=1S/C12H21N3O3/c1-11(16)13-3-2-4-14(6-5-13)12(17)15-7-9-18-10-8-15/h2-10H2,1H3. The monoisotopic (exact) mass is 255 g/mol. The maximum Gasteiger partial charge on any atom is 0.320 e. The number of hydrogen-bond acceptors (Lipinski definition) is 3. The maximum atomic E-state index is 12.3. The van der Waals surface area contributed by atoms with Gasteiger partial charge in [0.2, 0.25) is 5.91 Å². The molecule has 0 aromatic rings. The van der Waals surface area contributed by atoms with E-state index in [0.717, 1.165) is 19.5 Å². The molecule has 2 rings (SSSR count). The quantitative estimate of drug-likeness (QED) is 0.612. The summed E-state index contributed by atoms with van der Waals surface area (Å²) in [6, 6.07) is 0.0868. The van der Waals surface area contributed by atoms with Crippen LogP contribution in [0.25, 0.3) is 0 Å². The summed E-state index contributed by atoms with van der Waals surface area (Å²) < 4.78 is 5.25. The Morgan fingerprint density at radius 3 is 2.06 bits per heavy atom. The van der Waals surface area contributed by atoms with Gasteiger partial charge in [-0.2, -0.15) is 0 Å². The highest BCUT2D eigenvalue weighted by molar-refractivity contribution is 5.75. The van der Waals surface area contributed by atoms with Gasteiger partial charge in [-0.25, -0.2) is 4.79 Å². The van der Waals surface area contributed by atoms with Crippen LogP contribution in [0.1, 0.15) is 13.3 Å². The fraction of sp³-hybridized carbons (Fsp3) is 0.833. The summed E-state index contributed by atoms with van der Waals surface area (Å²) in [5, 5.41) is 0. The second kappa shape index (κ2) is 6.04. The van der Waals surface area contributed by atoms with Gasteiger partial charge in [0.25, 0.3) is 0 Å². The van der Waals surface area contributed by atoms with Crippen molar-refractivity contribution in [3.05, 3.63) is 0 Å². The molecular formula is C12H21N3O3. The molecule has 2 aliphatic heterocycles. The first kappa shape index (κ1) is 13.1. The van der Waals surface area contributed by atoms with Crippen LogP contribution in [0, 0.1) is 0 Å². The predicted octanol–water partition coefficient (Wildman–Crippen LogP) is -0.00720. The zero-order valence-corrected chi connectivity index (χ0v) is 10.9. The number of hydrogen-bond donors (Lipinski definition) is 0. The Kier molecular flexibility index (Phi) is 4.41. The zero-order chi connectivity index (χ0) is 13.0. The molecule has 0 bridgehead atoms. The first-order chi connectivity index (χ1) is 8.68. The lowest BCUT2D eigenvalue weighted by Crippen LogP contribution is -2.49. The second-order valence-electron chi connectivity index (χ2n) is 4.73. The van der Waals surface area contributed by atoms with Crippen LogP contribution in [0.4, 0.5) is 4.79 Å². The molecule has 0 saturated carbocycles. The van der Waals surface area contributed by atoms with Crippen molar-refractivity contribution in [2.24, 2.45) is 0 Å². The molecule has 2 fully saturated rings. The van der Waals surface area contributed by atoms with Gasteiger partial charge in [-0.05, 0) is 6.42 Å². The van der Waals surface area contributed by atoms with E-state index in [2.05, 4.69) is 0 Å². The SMILES string of the molecule is CC(=O)N1CCCN(C(=O)N2CCOCC2)CC1. The Morgan fingerprint density at radius 1 is 0.833 bits per heavy atom. The smallest absolute Gasteiger partial charge is 0.320 e. The number of amides is 3. The number of morpholine rings is 1. The van der Waals surface area contributed by atoms with Crippen molar-refractivity contribution in [3.63, 3.8) is 0 Å².